The standard InChI is InChI=1S/C28H28FN3O2/c1-19-21(10-7-11-24(19)29)16-23-26(20-8-3-2-4-9-20)25-12-5-6-14-32(25)27(23)28(34)31-15-13-30-22(17-31)18-33/h2-12,14,22,30,33H,13,15-18H2,1H3/t22-/m1/s1. The lowest BCUT2D eigenvalue weighted by atomic mass is 9.93. The topological polar surface area (TPSA) is 57.0 Å². The second kappa shape index (κ2) is 9.41. The molecule has 1 amide bonds. The Morgan fingerprint density at radius 1 is 1.09 bits per heavy atom. The Labute approximate surface area is 198 Å². The minimum absolute atomic E-state index is 0.0245. The van der Waals surface area contributed by atoms with Gasteiger partial charge in [-0.05, 0) is 47.4 Å². The quantitative estimate of drug-likeness (QED) is 0.475. The lowest BCUT2D eigenvalue weighted by Gasteiger charge is -2.33. The molecule has 2 N–H and O–H groups in total. The molecule has 0 bridgehead atoms. The van der Waals surface area contributed by atoms with E-state index in [-0.39, 0.29) is 24.4 Å². The molecule has 0 spiro atoms. The molecule has 4 aromatic rings. The van der Waals surface area contributed by atoms with E-state index in [0.29, 0.717) is 37.3 Å². The van der Waals surface area contributed by atoms with E-state index in [9.17, 15) is 14.3 Å². The molecule has 5 rings (SSSR count). The van der Waals surface area contributed by atoms with Crippen LogP contribution in [0, 0.1) is 12.7 Å². The van der Waals surface area contributed by atoms with Crippen molar-refractivity contribution in [1.82, 2.24) is 14.6 Å². The lowest BCUT2D eigenvalue weighted by Crippen LogP contribution is -2.54. The van der Waals surface area contributed by atoms with Gasteiger partial charge in [-0.25, -0.2) is 4.39 Å². The third kappa shape index (κ3) is 4.00. The van der Waals surface area contributed by atoms with Crippen molar-refractivity contribution >= 4 is 11.4 Å². The van der Waals surface area contributed by atoms with Gasteiger partial charge in [-0.3, -0.25) is 4.79 Å². The normalized spacial score (nSPS) is 16.2. The van der Waals surface area contributed by atoms with Gasteiger partial charge in [0.2, 0.25) is 0 Å². The van der Waals surface area contributed by atoms with Gasteiger partial charge >= 0.3 is 0 Å². The second-order valence-corrected chi connectivity index (χ2v) is 8.81. The van der Waals surface area contributed by atoms with E-state index < -0.39 is 0 Å². The number of amides is 1. The highest BCUT2D eigenvalue weighted by molar-refractivity contribution is 6.01. The molecule has 6 heteroatoms. The fourth-order valence-electron chi connectivity index (χ4n) is 4.91. The number of nitrogens with zero attached hydrogens (tertiary/aromatic N) is 2. The number of aliphatic hydroxyl groups excluding tert-OH is 1. The SMILES string of the molecule is Cc1c(F)cccc1Cc1c(-c2ccccc2)c2ccccn2c1C(=O)N1CCN[C@@H](CO)C1. The second-order valence-electron chi connectivity index (χ2n) is 8.81. The molecular formula is C28H28FN3O2. The summed E-state index contributed by atoms with van der Waals surface area (Å²) in [5, 5.41) is 12.9. The maximum atomic E-state index is 14.4. The van der Waals surface area contributed by atoms with Crippen LogP contribution in [0.3, 0.4) is 0 Å². The molecule has 2 aromatic heterocycles. The number of halogens is 1. The number of hydrogen-bond donors (Lipinski definition) is 2. The number of hydrogen-bond acceptors (Lipinski definition) is 3. The fraction of sp³-hybridized carbons (Fsp3) is 0.250. The first-order chi connectivity index (χ1) is 16.6. The highest BCUT2D eigenvalue weighted by atomic mass is 19.1. The highest BCUT2D eigenvalue weighted by Gasteiger charge is 2.30. The Morgan fingerprint density at radius 2 is 1.88 bits per heavy atom. The number of nitrogens with one attached hydrogen (secondary N) is 1. The number of fused-ring (bicyclic) bond motifs is 1. The number of pyridine rings is 1. The van der Waals surface area contributed by atoms with Crippen LogP contribution >= 0.6 is 0 Å². The van der Waals surface area contributed by atoms with Gasteiger partial charge < -0.3 is 19.7 Å². The molecule has 0 unspecified atom stereocenters. The molecule has 1 fully saturated rings. The van der Waals surface area contributed by atoms with E-state index in [4.69, 9.17) is 0 Å². The van der Waals surface area contributed by atoms with Crippen molar-refractivity contribution in [3.8, 4) is 11.1 Å². The molecular weight excluding hydrogens is 429 g/mol. The number of carbonyl (C=O) groups excluding carboxylic acids is 1. The van der Waals surface area contributed by atoms with E-state index in [2.05, 4.69) is 5.32 Å². The van der Waals surface area contributed by atoms with Crippen LogP contribution < -0.4 is 5.32 Å². The zero-order valence-corrected chi connectivity index (χ0v) is 19.2. The summed E-state index contributed by atoms with van der Waals surface area (Å²) in [6, 6.07) is 20.9. The predicted molar refractivity (Wildman–Crippen MR) is 132 cm³/mol. The zero-order chi connectivity index (χ0) is 23.7. The average molecular weight is 458 g/mol. The van der Waals surface area contributed by atoms with Crippen LogP contribution in [0.25, 0.3) is 16.6 Å². The van der Waals surface area contributed by atoms with Crippen molar-refractivity contribution in [3.63, 3.8) is 0 Å². The van der Waals surface area contributed by atoms with Gasteiger partial charge in [0, 0.05) is 43.9 Å². The van der Waals surface area contributed by atoms with Crippen LogP contribution in [0.2, 0.25) is 0 Å². The van der Waals surface area contributed by atoms with Crippen molar-refractivity contribution in [2.24, 2.45) is 0 Å². The summed E-state index contributed by atoms with van der Waals surface area (Å²) >= 11 is 0. The van der Waals surface area contributed by atoms with Gasteiger partial charge in [-0.15, -0.1) is 0 Å². The first-order valence-corrected chi connectivity index (χ1v) is 11.6. The third-order valence-corrected chi connectivity index (χ3v) is 6.72. The Hall–Kier alpha value is -3.48. The molecule has 0 aliphatic carbocycles. The molecule has 1 atom stereocenters. The number of carbonyl (C=O) groups is 1. The molecule has 1 aliphatic heterocycles. The van der Waals surface area contributed by atoms with E-state index in [0.717, 1.165) is 27.8 Å². The van der Waals surface area contributed by atoms with Crippen molar-refractivity contribution in [2.45, 2.75) is 19.4 Å². The van der Waals surface area contributed by atoms with Crippen LogP contribution in [0.15, 0.2) is 72.9 Å². The Kier molecular flexibility index (Phi) is 6.18. The molecule has 34 heavy (non-hydrogen) atoms. The van der Waals surface area contributed by atoms with Crippen molar-refractivity contribution < 1.29 is 14.3 Å². The molecule has 1 aliphatic rings. The predicted octanol–water partition coefficient (Wildman–Crippen LogP) is 4.05. The van der Waals surface area contributed by atoms with E-state index >= 15 is 0 Å². The molecule has 2 aromatic carbocycles. The van der Waals surface area contributed by atoms with Crippen LogP contribution in [0.1, 0.15) is 27.2 Å². The minimum Gasteiger partial charge on any atom is -0.395 e. The van der Waals surface area contributed by atoms with Crippen LogP contribution in [-0.4, -0.2) is 52.6 Å². The molecule has 1 saturated heterocycles. The van der Waals surface area contributed by atoms with Crippen molar-refractivity contribution in [1.29, 1.82) is 0 Å². The Bertz CT molecular complexity index is 1330. The first kappa shape index (κ1) is 22.3. The first-order valence-electron chi connectivity index (χ1n) is 11.6. The van der Waals surface area contributed by atoms with Gasteiger partial charge in [0.15, 0.2) is 0 Å². The number of piperazine rings is 1. The largest absolute Gasteiger partial charge is 0.395 e. The molecule has 174 valence electrons. The summed E-state index contributed by atoms with van der Waals surface area (Å²) in [5.74, 6) is -0.323. The molecule has 3 heterocycles. The number of benzene rings is 2. The Morgan fingerprint density at radius 3 is 2.68 bits per heavy atom. The van der Waals surface area contributed by atoms with Gasteiger partial charge in [0.05, 0.1) is 12.1 Å². The van der Waals surface area contributed by atoms with Crippen LogP contribution in [0.5, 0.6) is 0 Å². The number of aromatic nitrogens is 1. The molecule has 5 nitrogen and oxygen atoms in total. The van der Waals surface area contributed by atoms with Crippen LogP contribution in [-0.2, 0) is 6.42 Å². The smallest absolute Gasteiger partial charge is 0.271 e. The molecule has 0 radical (unpaired) electrons. The van der Waals surface area contributed by atoms with Gasteiger partial charge in [0.25, 0.3) is 5.91 Å². The number of aliphatic hydroxyl groups is 1. The summed E-state index contributed by atoms with van der Waals surface area (Å²) in [6.45, 7) is 3.39. The van der Waals surface area contributed by atoms with Crippen LogP contribution in [0.4, 0.5) is 4.39 Å². The number of rotatable bonds is 5. The summed E-state index contributed by atoms with van der Waals surface area (Å²) in [5.41, 5.74) is 5.88. The summed E-state index contributed by atoms with van der Waals surface area (Å²) in [7, 11) is 0. The average Bonchev–Trinajstić information content (AvgIpc) is 3.20. The maximum Gasteiger partial charge on any atom is 0.271 e. The zero-order valence-electron chi connectivity index (χ0n) is 19.2. The van der Waals surface area contributed by atoms with Crippen molar-refractivity contribution in [3.05, 3.63) is 101 Å². The van der Waals surface area contributed by atoms with Gasteiger partial charge in [-0.2, -0.15) is 0 Å². The summed E-state index contributed by atoms with van der Waals surface area (Å²) in [6.07, 6.45) is 2.36. The third-order valence-electron chi connectivity index (χ3n) is 6.72. The van der Waals surface area contributed by atoms with E-state index in [1.807, 2.05) is 70.1 Å². The van der Waals surface area contributed by atoms with E-state index in [1.54, 1.807) is 13.0 Å². The minimum atomic E-state index is -0.247. The highest BCUT2D eigenvalue weighted by Crippen LogP contribution is 2.36. The maximum absolute atomic E-state index is 14.4. The summed E-state index contributed by atoms with van der Waals surface area (Å²) in [4.78, 5) is 15.8. The van der Waals surface area contributed by atoms with E-state index in [1.165, 1.54) is 6.07 Å². The summed E-state index contributed by atoms with van der Waals surface area (Å²) < 4.78 is 16.4. The van der Waals surface area contributed by atoms with Gasteiger partial charge in [0.1, 0.15) is 11.5 Å². The van der Waals surface area contributed by atoms with Gasteiger partial charge in [-0.1, -0.05) is 48.5 Å². The fourth-order valence-corrected chi connectivity index (χ4v) is 4.91. The Balaban J connectivity index is 1.73. The monoisotopic (exact) mass is 457 g/mol. The lowest BCUT2D eigenvalue weighted by molar-refractivity contribution is 0.0663. The molecule has 0 saturated carbocycles. The van der Waals surface area contributed by atoms with Crippen molar-refractivity contribution in [2.75, 3.05) is 26.2 Å².